The first-order chi connectivity index (χ1) is 15.9. The molecule has 0 saturated carbocycles. The number of pyridine rings is 1. The van der Waals surface area contributed by atoms with Gasteiger partial charge in [-0.2, -0.15) is 0 Å². The molecule has 2 aromatic carbocycles. The molecule has 4 aromatic rings. The number of nitrogens with zero attached hydrogens (tertiary/aromatic N) is 3. The van der Waals surface area contributed by atoms with Crippen LogP contribution >= 0.6 is 11.6 Å². The van der Waals surface area contributed by atoms with Crippen molar-refractivity contribution in [2.75, 3.05) is 30.8 Å². The molecule has 0 amide bonds. The number of ether oxygens (including phenoxy) is 1. The van der Waals surface area contributed by atoms with Gasteiger partial charge in [0.05, 0.1) is 23.9 Å². The first-order valence-corrected chi connectivity index (χ1v) is 11.1. The zero-order chi connectivity index (χ0) is 23.1. The summed E-state index contributed by atoms with van der Waals surface area (Å²) in [5, 5.41) is 0.626. The van der Waals surface area contributed by atoms with Gasteiger partial charge in [-0.15, -0.1) is 0 Å². The predicted molar refractivity (Wildman–Crippen MR) is 130 cm³/mol. The van der Waals surface area contributed by atoms with E-state index in [0.717, 1.165) is 42.7 Å². The minimum atomic E-state index is -0.418. The van der Waals surface area contributed by atoms with E-state index in [1.54, 1.807) is 6.20 Å². The topological polar surface area (TPSA) is 106 Å². The molecule has 1 saturated heterocycles. The number of aromatic nitrogens is 3. The molecule has 9 heteroatoms. The first kappa shape index (κ1) is 21.5. The smallest absolute Gasteiger partial charge is 0.149 e. The largest absolute Gasteiger partial charge is 0.494 e. The molecule has 1 fully saturated rings. The Labute approximate surface area is 195 Å². The number of hydrogen-bond acceptors (Lipinski definition) is 6. The number of fused-ring (bicyclic) bond motifs is 1. The zero-order valence-electron chi connectivity index (χ0n) is 18.1. The molecule has 5 N–H and O–H groups in total. The minimum Gasteiger partial charge on any atom is -0.494 e. The fourth-order valence-corrected chi connectivity index (χ4v) is 4.58. The van der Waals surface area contributed by atoms with Gasteiger partial charge in [0.25, 0.3) is 0 Å². The van der Waals surface area contributed by atoms with Crippen molar-refractivity contribution in [1.82, 2.24) is 15.0 Å². The van der Waals surface area contributed by atoms with Crippen LogP contribution in [-0.2, 0) is 0 Å². The number of nitrogen functional groups attached to an aromatic ring is 1. The third-order valence-electron chi connectivity index (χ3n) is 6.05. The van der Waals surface area contributed by atoms with Crippen LogP contribution in [0, 0.1) is 5.82 Å². The van der Waals surface area contributed by atoms with Gasteiger partial charge in [-0.05, 0) is 36.6 Å². The van der Waals surface area contributed by atoms with Gasteiger partial charge in [-0.1, -0.05) is 23.7 Å². The minimum absolute atomic E-state index is 0.164. The number of H-pyrrole nitrogens is 1. The van der Waals surface area contributed by atoms with Gasteiger partial charge in [0.15, 0.2) is 0 Å². The maximum absolute atomic E-state index is 14.1. The summed E-state index contributed by atoms with van der Waals surface area (Å²) in [6, 6.07) is 10.5. The van der Waals surface area contributed by atoms with Crippen molar-refractivity contribution < 1.29 is 9.13 Å². The Balaban J connectivity index is 1.76. The lowest BCUT2D eigenvalue weighted by atomic mass is 9.98. The van der Waals surface area contributed by atoms with Crippen LogP contribution in [0.3, 0.4) is 0 Å². The van der Waals surface area contributed by atoms with Crippen LogP contribution in [0.1, 0.15) is 12.8 Å². The van der Waals surface area contributed by atoms with Crippen LogP contribution in [0.4, 0.5) is 15.9 Å². The number of nitrogens with two attached hydrogens (primary N) is 2. The summed E-state index contributed by atoms with van der Waals surface area (Å²) in [4.78, 5) is 14.7. The summed E-state index contributed by atoms with van der Waals surface area (Å²) in [6.07, 6.45) is 3.48. The molecule has 0 spiro atoms. The number of anilines is 2. The van der Waals surface area contributed by atoms with Crippen molar-refractivity contribution in [2.24, 2.45) is 5.73 Å². The van der Waals surface area contributed by atoms with Crippen LogP contribution in [0.5, 0.6) is 5.75 Å². The van der Waals surface area contributed by atoms with Crippen LogP contribution in [-0.4, -0.2) is 41.2 Å². The van der Waals surface area contributed by atoms with Gasteiger partial charge in [-0.3, -0.25) is 0 Å². The Morgan fingerprint density at radius 1 is 1.21 bits per heavy atom. The maximum Gasteiger partial charge on any atom is 0.149 e. The third kappa shape index (κ3) is 3.96. The highest BCUT2D eigenvalue weighted by molar-refractivity contribution is 6.30. The summed E-state index contributed by atoms with van der Waals surface area (Å²) in [5.41, 5.74) is 17.0. The summed E-state index contributed by atoms with van der Waals surface area (Å²) < 4.78 is 19.5. The molecule has 170 valence electrons. The van der Waals surface area contributed by atoms with E-state index in [4.69, 9.17) is 32.8 Å². The Hall–Kier alpha value is -3.36. The van der Waals surface area contributed by atoms with E-state index >= 15 is 0 Å². The van der Waals surface area contributed by atoms with Crippen molar-refractivity contribution in [1.29, 1.82) is 0 Å². The fraction of sp³-hybridized carbons (Fsp3) is 0.250. The van der Waals surface area contributed by atoms with Gasteiger partial charge in [0.2, 0.25) is 0 Å². The third-order valence-corrected chi connectivity index (χ3v) is 6.28. The number of nitrogens with one attached hydrogen (secondary N) is 1. The predicted octanol–water partition coefficient (Wildman–Crippen LogP) is 4.60. The van der Waals surface area contributed by atoms with E-state index in [0.29, 0.717) is 39.0 Å². The molecule has 0 radical (unpaired) electrons. The Bertz CT molecular complexity index is 1330. The van der Waals surface area contributed by atoms with Crippen LogP contribution in [0.2, 0.25) is 5.02 Å². The molecule has 2 aromatic heterocycles. The molecule has 5 rings (SSSR count). The van der Waals surface area contributed by atoms with Gasteiger partial charge < -0.3 is 26.1 Å². The zero-order valence-corrected chi connectivity index (χ0v) is 18.9. The second kappa shape index (κ2) is 8.53. The van der Waals surface area contributed by atoms with Crippen LogP contribution < -0.4 is 21.1 Å². The van der Waals surface area contributed by atoms with Crippen molar-refractivity contribution in [3.05, 3.63) is 53.4 Å². The first-order valence-electron chi connectivity index (χ1n) is 10.7. The van der Waals surface area contributed by atoms with Gasteiger partial charge in [-0.25, -0.2) is 14.4 Å². The summed E-state index contributed by atoms with van der Waals surface area (Å²) in [5.74, 6) is 0.742. The second-order valence-corrected chi connectivity index (χ2v) is 8.64. The average Bonchev–Trinajstić information content (AvgIpc) is 3.22. The van der Waals surface area contributed by atoms with Crippen molar-refractivity contribution in [3.8, 4) is 28.3 Å². The maximum atomic E-state index is 14.1. The van der Waals surface area contributed by atoms with Gasteiger partial charge in [0.1, 0.15) is 28.7 Å². The molecule has 0 bridgehead atoms. The SMILES string of the molecule is COc1cc(F)cc2[nH]c(-c3c(N)ncc(-c4cccc(Cl)c4)c3N3CCC(N)CC3)nc12. The number of imidazole rings is 1. The molecule has 1 aliphatic heterocycles. The Kier molecular flexibility index (Phi) is 5.55. The molecule has 7 nitrogen and oxygen atoms in total. The quantitative estimate of drug-likeness (QED) is 0.405. The average molecular weight is 467 g/mol. The van der Waals surface area contributed by atoms with Crippen molar-refractivity contribution in [3.63, 3.8) is 0 Å². The van der Waals surface area contributed by atoms with Crippen LogP contribution in [0.15, 0.2) is 42.6 Å². The normalized spacial score (nSPS) is 14.7. The Morgan fingerprint density at radius 3 is 2.73 bits per heavy atom. The summed E-state index contributed by atoms with van der Waals surface area (Å²) in [6.45, 7) is 1.53. The second-order valence-electron chi connectivity index (χ2n) is 8.21. The standard InChI is InChI=1S/C24H24ClFN6O/c1-33-19-11-15(26)10-18-21(19)31-24(30-18)20-22(32-7-5-16(27)6-8-32)17(12-29-23(20)28)13-3-2-4-14(25)9-13/h2-4,9-12,16H,5-8,27H2,1H3,(H2,28,29)(H,30,31). The number of halogens is 2. The van der Waals surface area contributed by atoms with E-state index in [1.807, 2.05) is 24.3 Å². The molecule has 3 heterocycles. The van der Waals surface area contributed by atoms with E-state index in [1.165, 1.54) is 19.2 Å². The molecule has 0 unspecified atom stereocenters. The van der Waals surface area contributed by atoms with Gasteiger partial charge >= 0.3 is 0 Å². The summed E-state index contributed by atoms with van der Waals surface area (Å²) in [7, 11) is 1.49. The molecule has 1 aliphatic rings. The fourth-order valence-electron chi connectivity index (χ4n) is 4.39. The molecule has 33 heavy (non-hydrogen) atoms. The number of hydrogen-bond donors (Lipinski definition) is 3. The highest BCUT2D eigenvalue weighted by Gasteiger charge is 2.27. The number of piperidine rings is 1. The number of benzene rings is 2. The number of aromatic amines is 1. The summed E-state index contributed by atoms with van der Waals surface area (Å²) >= 11 is 6.30. The van der Waals surface area contributed by atoms with E-state index in [2.05, 4.69) is 14.9 Å². The number of methoxy groups -OCH3 is 1. The molecular formula is C24H24ClFN6O. The monoisotopic (exact) mass is 466 g/mol. The molecular weight excluding hydrogens is 443 g/mol. The molecule has 0 aliphatic carbocycles. The lowest BCUT2D eigenvalue weighted by Crippen LogP contribution is -2.40. The van der Waals surface area contributed by atoms with Crippen molar-refractivity contribution in [2.45, 2.75) is 18.9 Å². The Morgan fingerprint density at radius 2 is 2.00 bits per heavy atom. The highest BCUT2D eigenvalue weighted by atomic mass is 35.5. The van der Waals surface area contributed by atoms with E-state index in [-0.39, 0.29) is 6.04 Å². The lowest BCUT2D eigenvalue weighted by Gasteiger charge is -2.34. The van der Waals surface area contributed by atoms with E-state index < -0.39 is 5.82 Å². The van der Waals surface area contributed by atoms with Crippen LogP contribution in [0.25, 0.3) is 33.5 Å². The highest BCUT2D eigenvalue weighted by Crippen LogP contribution is 2.43. The lowest BCUT2D eigenvalue weighted by molar-refractivity contribution is 0.416. The van der Waals surface area contributed by atoms with Gasteiger partial charge in [0, 0.05) is 42.0 Å². The van der Waals surface area contributed by atoms with E-state index in [9.17, 15) is 4.39 Å². The molecule has 0 atom stereocenters. The van der Waals surface area contributed by atoms with Crippen molar-refractivity contribution >= 4 is 34.1 Å². The number of rotatable bonds is 4.